The Balaban J connectivity index is -0.000000545. The van der Waals surface area contributed by atoms with Crippen molar-refractivity contribution in [3.05, 3.63) is 188 Å². The number of hydrogen-bond acceptors (Lipinski definition) is 6. The Morgan fingerprint density at radius 2 is 0.608 bits per heavy atom. The van der Waals surface area contributed by atoms with Gasteiger partial charge in [0.1, 0.15) is 0 Å². The Morgan fingerprint density at radius 1 is 0.471 bits per heavy atom. The van der Waals surface area contributed by atoms with E-state index in [2.05, 4.69) is 70.7 Å². The summed E-state index contributed by atoms with van der Waals surface area (Å²) in [6, 6.07) is 15.3. The van der Waals surface area contributed by atoms with Crippen molar-refractivity contribution >= 4 is 104 Å². The van der Waals surface area contributed by atoms with Crippen molar-refractivity contribution in [2.45, 2.75) is 0 Å². The SMILES string of the molecule is C=Cc1ccncc1.C=Cc1ccncc1.C=Cc1ccncc1.C=Cc1ccncc1.Fc1c(F)c(I)c(F)c(F)c1I.[N-]=C=S.[N-]=C=S.[Ni+2]. The summed E-state index contributed by atoms with van der Waals surface area (Å²) in [4.78, 5) is 15.4. The van der Waals surface area contributed by atoms with Gasteiger partial charge in [0.05, 0.1) is 7.14 Å². The number of halogens is 6. The zero-order valence-electron chi connectivity index (χ0n) is 26.5. The van der Waals surface area contributed by atoms with E-state index >= 15 is 0 Å². The topological polar surface area (TPSA) is 96.2 Å². The first kappa shape index (κ1) is 51.4. The van der Waals surface area contributed by atoms with E-state index in [1.165, 1.54) is 55.5 Å². The number of thiocarbonyl (C=S) groups is 2. The maximum absolute atomic E-state index is 12.6. The maximum Gasteiger partial charge on any atom is 2.00 e. The summed E-state index contributed by atoms with van der Waals surface area (Å²) >= 11 is 9.81. The predicted molar refractivity (Wildman–Crippen MR) is 221 cm³/mol. The van der Waals surface area contributed by atoms with Gasteiger partial charge in [-0.25, -0.2) is 17.6 Å². The summed E-state index contributed by atoms with van der Waals surface area (Å²) in [5.41, 5.74) is 4.44. The number of isothiocyanates is 2. The molecular weight excluding hydrogens is 969 g/mol. The van der Waals surface area contributed by atoms with Crippen LogP contribution in [0.5, 0.6) is 0 Å². The van der Waals surface area contributed by atoms with Gasteiger partial charge in [-0.05, 0) is 116 Å². The molecule has 0 aliphatic rings. The van der Waals surface area contributed by atoms with E-state index in [-0.39, 0.29) is 16.5 Å². The number of aromatic nitrogens is 4. The second kappa shape index (κ2) is 34.5. The smallest absolute Gasteiger partial charge is 0.753 e. The molecule has 51 heavy (non-hydrogen) atoms. The normalized spacial score (nSPS) is 8.12. The number of benzene rings is 1. The Morgan fingerprint density at radius 3 is 0.706 bits per heavy atom. The molecule has 0 atom stereocenters. The molecule has 0 radical (unpaired) electrons. The van der Waals surface area contributed by atoms with Crippen LogP contribution < -0.4 is 0 Å². The Hall–Kier alpha value is -3.95. The van der Waals surface area contributed by atoms with Crippen molar-refractivity contribution in [1.29, 1.82) is 0 Å². The van der Waals surface area contributed by atoms with E-state index in [9.17, 15) is 17.6 Å². The van der Waals surface area contributed by atoms with Crippen LogP contribution in [0.2, 0.25) is 0 Å². The summed E-state index contributed by atoms with van der Waals surface area (Å²) in [7, 11) is 0. The van der Waals surface area contributed by atoms with Crippen molar-refractivity contribution in [3.8, 4) is 0 Å². The van der Waals surface area contributed by atoms with Crippen LogP contribution in [0.25, 0.3) is 35.1 Å². The molecule has 0 spiro atoms. The molecule has 266 valence electrons. The van der Waals surface area contributed by atoms with Crippen LogP contribution in [0.3, 0.4) is 0 Å². The van der Waals surface area contributed by atoms with Gasteiger partial charge in [0.15, 0.2) is 23.3 Å². The van der Waals surface area contributed by atoms with Crippen LogP contribution in [0.1, 0.15) is 22.3 Å². The van der Waals surface area contributed by atoms with Crippen molar-refractivity contribution in [1.82, 2.24) is 19.9 Å². The largest absolute Gasteiger partial charge is 2.00 e. The molecule has 15 heteroatoms. The molecule has 0 saturated heterocycles. The minimum Gasteiger partial charge on any atom is -0.753 e. The average molecular weight is 997 g/mol. The van der Waals surface area contributed by atoms with Crippen LogP contribution in [0, 0.1) is 30.4 Å². The van der Waals surface area contributed by atoms with Gasteiger partial charge in [-0.2, -0.15) is 10.3 Å². The molecular formula is C36H28F4I2N6NiS2. The van der Waals surface area contributed by atoms with Crippen molar-refractivity contribution in [2.75, 3.05) is 0 Å². The van der Waals surface area contributed by atoms with Gasteiger partial charge in [-0.3, -0.25) is 19.9 Å². The molecule has 0 unspecified atom stereocenters. The van der Waals surface area contributed by atoms with Crippen LogP contribution in [0.15, 0.2) is 124 Å². The van der Waals surface area contributed by atoms with Crippen LogP contribution in [-0.2, 0) is 16.5 Å². The first-order chi connectivity index (χ1) is 24.0. The molecule has 1 aromatic carbocycles. The molecule has 4 heterocycles. The zero-order chi connectivity index (χ0) is 38.2. The summed E-state index contributed by atoms with van der Waals surface area (Å²) in [6.07, 6.45) is 21.1. The molecule has 0 aliphatic carbocycles. The molecule has 0 saturated carbocycles. The monoisotopic (exact) mass is 996 g/mol. The molecule has 0 aliphatic heterocycles. The Labute approximate surface area is 343 Å². The van der Waals surface area contributed by atoms with Crippen LogP contribution in [0.4, 0.5) is 17.6 Å². The quantitative estimate of drug-likeness (QED) is 0.0338. The maximum atomic E-state index is 12.6. The third kappa shape index (κ3) is 24.8. The van der Waals surface area contributed by atoms with Gasteiger partial charge in [0, 0.05) is 49.6 Å². The Kier molecular flexibility index (Phi) is 34.8. The fourth-order valence-corrected chi connectivity index (χ4v) is 3.52. The van der Waals surface area contributed by atoms with E-state index < -0.39 is 30.4 Å². The molecule has 6 nitrogen and oxygen atoms in total. The summed E-state index contributed by atoms with van der Waals surface area (Å²) < 4.78 is 49.2. The standard InChI is InChI=1S/4C7H7N.C6F4I2.2CNS.Ni/c4*1-2-7-3-5-8-6-4-7;7-1-2(8)6(12)4(10)3(9)5(1)11;2*2-1-3;/h4*2-6H,1H2;;;;/q;;;;;2*-1;+2. The minimum atomic E-state index is -1.35. The number of pyridine rings is 4. The van der Waals surface area contributed by atoms with Crippen molar-refractivity contribution in [2.24, 2.45) is 0 Å². The summed E-state index contributed by atoms with van der Waals surface area (Å²) in [6.45, 7) is 14.4. The van der Waals surface area contributed by atoms with E-state index in [0.717, 1.165) is 22.3 Å². The van der Waals surface area contributed by atoms with Gasteiger partial charge in [-0.15, -0.1) is 0 Å². The van der Waals surface area contributed by atoms with Crippen LogP contribution in [-0.4, -0.2) is 30.3 Å². The van der Waals surface area contributed by atoms with Crippen molar-refractivity contribution in [3.63, 3.8) is 0 Å². The fraction of sp³-hybridized carbons (Fsp3) is 0. The Bertz CT molecular complexity index is 1490. The van der Waals surface area contributed by atoms with E-state index in [1.54, 1.807) is 73.9 Å². The van der Waals surface area contributed by atoms with Gasteiger partial charge in [0.25, 0.3) is 0 Å². The van der Waals surface area contributed by atoms with Gasteiger partial charge in [0.2, 0.25) is 0 Å². The molecule has 5 rings (SSSR count). The van der Waals surface area contributed by atoms with Crippen LogP contribution >= 0.6 is 69.6 Å². The second-order valence-corrected chi connectivity index (χ2v) is 10.5. The van der Waals surface area contributed by atoms with Gasteiger partial charge in [-0.1, -0.05) is 75.1 Å². The van der Waals surface area contributed by atoms with E-state index in [1.807, 2.05) is 48.5 Å². The number of hydrogen-bond donors (Lipinski definition) is 0. The average Bonchev–Trinajstić information content (AvgIpc) is 3.18. The van der Waals surface area contributed by atoms with Gasteiger partial charge >= 0.3 is 16.5 Å². The first-order valence-corrected chi connectivity index (χ1v) is 16.3. The fourth-order valence-electron chi connectivity index (χ4n) is 2.58. The minimum absolute atomic E-state index is 0. The zero-order valence-corrected chi connectivity index (χ0v) is 33.4. The van der Waals surface area contributed by atoms with Gasteiger partial charge < -0.3 is 10.8 Å². The molecule has 0 fully saturated rings. The van der Waals surface area contributed by atoms with E-state index in [0.29, 0.717) is 0 Å². The number of nitrogens with zero attached hydrogens (tertiary/aromatic N) is 6. The summed E-state index contributed by atoms with van der Waals surface area (Å²) in [5.74, 6) is -5.39. The number of rotatable bonds is 4. The molecule has 5 aromatic rings. The first-order valence-electron chi connectivity index (χ1n) is 13.3. The molecule has 0 bridgehead atoms. The summed E-state index contributed by atoms with van der Waals surface area (Å²) in [5, 5.41) is 16.9. The molecule has 0 amide bonds. The predicted octanol–water partition coefficient (Wildman–Crippen LogP) is 11.7. The third-order valence-corrected chi connectivity index (χ3v) is 6.82. The molecule has 4 aromatic heterocycles. The third-order valence-electron chi connectivity index (χ3n) is 4.92. The van der Waals surface area contributed by atoms with Crippen molar-refractivity contribution < 1.29 is 34.1 Å². The van der Waals surface area contributed by atoms with E-state index in [4.69, 9.17) is 10.8 Å². The second-order valence-electron chi connectivity index (χ2n) is 8.01. The molecule has 0 N–H and O–H groups in total.